The number of nitrogens with zero attached hydrogens (tertiary/aromatic N) is 2. The lowest BCUT2D eigenvalue weighted by molar-refractivity contribution is -0.149. The summed E-state index contributed by atoms with van der Waals surface area (Å²) in [6.07, 6.45) is 0. The largest absolute Gasteiger partial charge is 0.481 e. The maximum atomic E-state index is 12.3. The number of carbonyl (C=O) groups excluding carboxylic acids is 1. The van der Waals surface area contributed by atoms with E-state index in [-0.39, 0.29) is 5.91 Å². The molecule has 116 valence electrons. The van der Waals surface area contributed by atoms with Gasteiger partial charge in [0.05, 0.1) is 5.92 Å². The maximum Gasteiger partial charge on any atom is 0.307 e. The molecule has 0 saturated carbocycles. The number of carbonyl (C=O) groups is 2. The molecule has 2 heterocycles. The monoisotopic (exact) mass is 310 g/mol. The number of thiophene rings is 1. The van der Waals surface area contributed by atoms with Gasteiger partial charge in [0, 0.05) is 38.6 Å². The fourth-order valence-corrected chi connectivity index (χ4v) is 3.14. The number of rotatable bonds is 5. The minimum Gasteiger partial charge on any atom is -0.481 e. The Hall–Kier alpha value is -1.40. The van der Waals surface area contributed by atoms with Gasteiger partial charge in [0.2, 0.25) is 5.91 Å². The van der Waals surface area contributed by atoms with Crippen molar-refractivity contribution in [1.82, 2.24) is 9.80 Å². The van der Waals surface area contributed by atoms with Crippen LogP contribution >= 0.6 is 11.3 Å². The number of amides is 1. The molecule has 1 N–H and O–H groups in total. The molecule has 21 heavy (non-hydrogen) atoms. The van der Waals surface area contributed by atoms with E-state index in [4.69, 9.17) is 5.11 Å². The minimum absolute atomic E-state index is 0.0416. The summed E-state index contributed by atoms with van der Waals surface area (Å²) in [5.74, 6) is -2.06. The van der Waals surface area contributed by atoms with Crippen molar-refractivity contribution in [3.8, 4) is 0 Å². The topological polar surface area (TPSA) is 60.9 Å². The number of piperazine rings is 1. The summed E-state index contributed by atoms with van der Waals surface area (Å²) in [7, 11) is 0. The highest BCUT2D eigenvalue weighted by Crippen LogP contribution is 2.17. The second-order valence-corrected chi connectivity index (χ2v) is 6.43. The summed E-state index contributed by atoms with van der Waals surface area (Å²) >= 11 is 1.70. The van der Waals surface area contributed by atoms with E-state index in [1.54, 1.807) is 30.1 Å². The van der Waals surface area contributed by atoms with Gasteiger partial charge in [-0.1, -0.05) is 13.8 Å². The smallest absolute Gasteiger partial charge is 0.307 e. The number of carboxylic acid groups (broad SMARTS) is 1. The van der Waals surface area contributed by atoms with Crippen LogP contribution in [0.25, 0.3) is 0 Å². The van der Waals surface area contributed by atoms with Crippen LogP contribution in [0.15, 0.2) is 16.8 Å². The molecule has 2 atom stereocenters. The average Bonchev–Trinajstić information content (AvgIpc) is 2.98. The van der Waals surface area contributed by atoms with Gasteiger partial charge in [0.15, 0.2) is 0 Å². The van der Waals surface area contributed by atoms with Crippen molar-refractivity contribution >= 4 is 23.2 Å². The van der Waals surface area contributed by atoms with E-state index >= 15 is 0 Å². The first kappa shape index (κ1) is 16.0. The first-order valence-electron chi connectivity index (χ1n) is 7.24. The van der Waals surface area contributed by atoms with E-state index in [2.05, 4.69) is 21.7 Å². The molecule has 0 spiro atoms. The van der Waals surface area contributed by atoms with Gasteiger partial charge in [-0.25, -0.2) is 0 Å². The van der Waals surface area contributed by atoms with Crippen molar-refractivity contribution in [1.29, 1.82) is 0 Å². The summed E-state index contributed by atoms with van der Waals surface area (Å²) in [5, 5.41) is 13.2. The standard InChI is InChI=1S/C15H22N2O3S/c1-11(12(2)15(19)20)14(18)17-6-4-16(5-7-17)9-13-3-8-21-10-13/h3,8,10-12H,4-7,9H2,1-2H3,(H,19,20). The summed E-state index contributed by atoms with van der Waals surface area (Å²) in [4.78, 5) is 27.4. The van der Waals surface area contributed by atoms with Crippen LogP contribution < -0.4 is 0 Å². The molecule has 0 aromatic carbocycles. The number of aliphatic carboxylic acids is 1. The van der Waals surface area contributed by atoms with Crippen molar-refractivity contribution in [2.75, 3.05) is 26.2 Å². The fourth-order valence-electron chi connectivity index (χ4n) is 2.48. The summed E-state index contributed by atoms with van der Waals surface area (Å²) in [5.41, 5.74) is 1.31. The Morgan fingerprint density at radius 1 is 1.24 bits per heavy atom. The van der Waals surface area contributed by atoms with Crippen molar-refractivity contribution in [3.63, 3.8) is 0 Å². The Labute approximate surface area is 129 Å². The zero-order valence-electron chi connectivity index (χ0n) is 12.5. The van der Waals surface area contributed by atoms with E-state index in [0.29, 0.717) is 13.1 Å². The van der Waals surface area contributed by atoms with Crippen LogP contribution in [0.4, 0.5) is 0 Å². The maximum absolute atomic E-state index is 12.3. The highest BCUT2D eigenvalue weighted by atomic mass is 32.1. The van der Waals surface area contributed by atoms with Crippen molar-refractivity contribution in [2.24, 2.45) is 11.8 Å². The van der Waals surface area contributed by atoms with E-state index in [0.717, 1.165) is 19.6 Å². The first-order valence-corrected chi connectivity index (χ1v) is 8.18. The molecule has 1 aromatic rings. The zero-order valence-corrected chi connectivity index (χ0v) is 13.3. The second kappa shape index (κ2) is 7.04. The van der Waals surface area contributed by atoms with Crippen LogP contribution in [0, 0.1) is 11.8 Å². The lowest BCUT2D eigenvalue weighted by atomic mass is 9.94. The number of hydrogen-bond acceptors (Lipinski definition) is 4. The molecule has 1 fully saturated rings. The predicted molar refractivity (Wildman–Crippen MR) is 82.1 cm³/mol. The van der Waals surface area contributed by atoms with Crippen LogP contribution in [0.3, 0.4) is 0 Å². The lowest BCUT2D eigenvalue weighted by Crippen LogP contribution is -2.50. The third-order valence-corrected chi connectivity index (χ3v) is 4.93. The third kappa shape index (κ3) is 4.04. The molecule has 1 aliphatic heterocycles. The predicted octanol–water partition coefficient (Wildman–Crippen LogP) is 1.75. The second-order valence-electron chi connectivity index (χ2n) is 5.65. The van der Waals surface area contributed by atoms with Gasteiger partial charge in [-0.2, -0.15) is 11.3 Å². The van der Waals surface area contributed by atoms with Gasteiger partial charge < -0.3 is 10.0 Å². The van der Waals surface area contributed by atoms with Gasteiger partial charge in [-0.15, -0.1) is 0 Å². The van der Waals surface area contributed by atoms with E-state index < -0.39 is 17.8 Å². The molecule has 2 rings (SSSR count). The van der Waals surface area contributed by atoms with Crippen LogP contribution in [0.5, 0.6) is 0 Å². The van der Waals surface area contributed by atoms with Crippen LogP contribution in [0.2, 0.25) is 0 Å². The molecular weight excluding hydrogens is 288 g/mol. The molecule has 6 heteroatoms. The summed E-state index contributed by atoms with van der Waals surface area (Å²) in [6.45, 7) is 7.27. The molecule has 0 bridgehead atoms. The third-order valence-electron chi connectivity index (χ3n) is 4.20. The Morgan fingerprint density at radius 2 is 1.90 bits per heavy atom. The minimum atomic E-state index is -0.910. The van der Waals surface area contributed by atoms with Gasteiger partial charge >= 0.3 is 5.97 Å². The molecule has 0 radical (unpaired) electrons. The molecule has 1 amide bonds. The molecule has 1 aliphatic rings. The Balaban J connectivity index is 1.83. The van der Waals surface area contributed by atoms with Crippen LogP contribution in [-0.4, -0.2) is 53.0 Å². The van der Waals surface area contributed by atoms with Gasteiger partial charge in [0.25, 0.3) is 0 Å². The SMILES string of the molecule is CC(C(=O)O)C(C)C(=O)N1CCN(Cc2ccsc2)CC1. The van der Waals surface area contributed by atoms with Gasteiger partial charge in [-0.05, 0) is 22.4 Å². The zero-order chi connectivity index (χ0) is 15.4. The Bertz CT molecular complexity index is 481. The molecule has 0 aliphatic carbocycles. The van der Waals surface area contributed by atoms with Crippen molar-refractivity contribution in [2.45, 2.75) is 20.4 Å². The molecule has 2 unspecified atom stereocenters. The normalized spacial score (nSPS) is 19.2. The molecule has 1 saturated heterocycles. The fraction of sp³-hybridized carbons (Fsp3) is 0.600. The van der Waals surface area contributed by atoms with E-state index in [9.17, 15) is 9.59 Å². The highest BCUT2D eigenvalue weighted by molar-refractivity contribution is 7.07. The lowest BCUT2D eigenvalue weighted by Gasteiger charge is -2.36. The van der Waals surface area contributed by atoms with Gasteiger partial charge in [0.1, 0.15) is 0 Å². The number of hydrogen-bond donors (Lipinski definition) is 1. The quantitative estimate of drug-likeness (QED) is 0.900. The highest BCUT2D eigenvalue weighted by Gasteiger charge is 2.31. The summed E-state index contributed by atoms with van der Waals surface area (Å²) < 4.78 is 0. The van der Waals surface area contributed by atoms with E-state index in [1.807, 2.05) is 0 Å². The van der Waals surface area contributed by atoms with Crippen LogP contribution in [0.1, 0.15) is 19.4 Å². The number of carboxylic acids is 1. The Morgan fingerprint density at radius 3 is 2.43 bits per heavy atom. The molecule has 5 nitrogen and oxygen atoms in total. The van der Waals surface area contributed by atoms with Crippen LogP contribution in [-0.2, 0) is 16.1 Å². The summed E-state index contributed by atoms with van der Waals surface area (Å²) in [6, 6.07) is 2.12. The average molecular weight is 310 g/mol. The molecular formula is C15H22N2O3S. The Kier molecular flexibility index (Phi) is 5.36. The molecule has 1 aromatic heterocycles. The van der Waals surface area contributed by atoms with Crippen molar-refractivity contribution < 1.29 is 14.7 Å². The van der Waals surface area contributed by atoms with E-state index in [1.165, 1.54) is 5.56 Å². The van der Waals surface area contributed by atoms with Gasteiger partial charge in [-0.3, -0.25) is 14.5 Å². The first-order chi connectivity index (χ1) is 9.99. The van der Waals surface area contributed by atoms with Crippen molar-refractivity contribution in [3.05, 3.63) is 22.4 Å².